The van der Waals surface area contributed by atoms with Crippen LogP contribution in [0.1, 0.15) is 0 Å². The van der Waals surface area contributed by atoms with Gasteiger partial charge in [0.2, 0.25) is 22.3 Å². The number of alkyl halides is 2. The van der Waals surface area contributed by atoms with Gasteiger partial charge >= 0.3 is 0 Å². The molecule has 0 heterocycles. The fourth-order valence-corrected chi connectivity index (χ4v) is 1.48. The Morgan fingerprint density at radius 2 is 1.06 bits per heavy atom. The van der Waals surface area contributed by atoms with E-state index in [4.69, 9.17) is 46.4 Å². The summed E-state index contributed by atoms with van der Waals surface area (Å²) in [6.45, 7) is 0. The predicted octanol–water partition coefficient (Wildman–Crippen LogP) is -0.0356. The van der Waals surface area contributed by atoms with Gasteiger partial charge in [-0.15, -0.1) is 23.2 Å². The number of carbonyl (C=O) groups is 4. The van der Waals surface area contributed by atoms with Gasteiger partial charge in [-0.2, -0.15) is 0 Å². The second-order valence-electron chi connectivity index (χ2n) is 2.97. The summed E-state index contributed by atoms with van der Waals surface area (Å²) in [5.74, 6) is -2.40. The largest absolute Gasteiger partial charge is 0.342 e. The molecule has 0 aromatic carbocycles. The zero-order valence-corrected chi connectivity index (χ0v) is 11.7. The lowest BCUT2D eigenvalue weighted by Gasteiger charge is -2.22. The maximum atomic E-state index is 11.1. The Bertz CT molecular complexity index is 329. The molecule has 0 aliphatic heterocycles. The number of hydrogen-bond donors (Lipinski definition) is 2. The first-order valence-corrected chi connectivity index (χ1v) is 6.25. The van der Waals surface area contributed by atoms with Gasteiger partial charge < -0.3 is 10.6 Å². The lowest BCUT2D eigenvalue weighted by Crippen LogP contribution is -2.57. The summed E-state index contributed by atoms with van der Waals surface area (Å²) in [7, 11) is 0. The minimum atomic E-state index is -1.52. The van der Waals surface area contributed by atoms with Crippen molar-refractivity contribution >= 4 is 68.7 Å². The van der Waals surface area contributed by atoms with E-state index in [0.29, 0.717) is 0 Å². The number of halogens is 4. The van der Waals surface area contributed by atoms with Gasteiger partial charge in [-0.05, 0) is 23.2 Å². The van der Waals surface area contributed by atoms with Crippen molar-refractivity contribution in [3.8, 4) is 0 Å². The van der Waals surface area contributed by atoms with E-state index in [0.717, 1.165) is 0 Å². The SMILES string of the molecule is O=C(CCl)NC(C(=O)Cl)C(NC(=O)CCl)C(=O)Cl. The number of hydrogen-bond acceptors (Lipinski definition) is 4. The minimum absolute atomic E-state index is 0.451. The van der Waals surface area contributed by atoms with Gasteiger partial charge in [0.1, 0.15) is 23.8 Å². The molecule has 0 aliphatic rings. The molecule has 0 saturated carbocycles. The second kappa shape index (κ2) is 8.53. The molecule has 2 unspecified atom stereocenters. The van der Waals surface area contributed by atoms with Crippen LogP contribution >= 0.6 is 46.4 Å². The number of nitrogens with one attached hydrogen (secondary N) is 2. The first-order valence-electron chi connectivity index (χ1n) is 4.42. The average molecular weight is 338 g/mol. The molecule has 102 valence electrons. The molecule has 18 heavy (non-hydrogen) atoms. The standard InChI is InChI=1S/C8H8Cl4N2O4/c9-1-3(15)13-5(7(11)17)6(8(12)18)14-4(16)2-10/h5-6H,1-2H2,(H,13,15)(H,14,16). The van der Waals surface area contributed by atoms with Crippen LogP contribution in [-0.2, 0) is 19.2 Å². The highest BCUT2D eigenvalue weighted by Gasteiger charge is 2.34. The molecule has 6 nitrogen and oxygen atoms in total. The molecule has 0 spiro atoms. The van der Waals surface area contributed by atoms with E-state index in [-0.39, 0.29) is 0 Å². The zero-order valence-electron chi connectivity index (χ0n) is 8.71. The lowest BCUT2D eigenvalue weighted by atomic mass is 10.1. The molecule has 0 aromatic rings. The molecule has 0 radical (unpaired) electrons. The Kier molecular flexibility index (Phi) is 8.26. The third-order valence-electron chi connectivity index (χ3n) is 1.70. The van der Waals surface area contributed by atoms with Crippen molar-refractivity contribution in [3.63, 3.8) is 0 Å². The average Bonchev–Trinajstić information content (AvgIpc) is 2.31. The summed E-state index contributed by atoms with van der Waals surface area (Å²) in [5, 5.41) is 1.96. The van der Waals surface area contributed by atoms with Crippen molar-refractivity contribution in [2.75, 3.05) is 11.8 Å². The Morgan fingerprint density at radius 3 is 1.22 bits per heavy atom. The monoisotopic (exact) mass is 336 g/mol. The van der Waals surface area contributed by atoms with Crippen molar-refractivity contribution in [2.45, 2.75) is 12.1 Å². The van der Waals surface area contributed by atoms with E-state index < -0.39 is 46.1 Å². The topological polar surface area (TPSA) is 92.3 Å². The Labute approximate surface area is 122 Å². The summed E-state index contributed by atoms with van der Waals surface area (Å²) < 4.78 is 0. The molecule has 2 atom stereocenters. The maximum absolute atomic E-state index is 11.1. The highest BCUT2D eigenvalue weighted by atomic mass is 35.5. The number of carbonyl (C=O) groups excluding carboxylic acids is 4. The van der Waals surface area contributed by atoms with Gasteiger partial charge in [-0.25, -0.2) is 0 Å². The van der Waals surface area contributed by atoms with Gasteiger partial charge in [-0.1, -0.05) is 0 Å². The smallest absolute Gasteiger partial charge is 0.246 e. The van der Waals surface area contributed by atoms with Crippen LogP contribution in [0.25, 0.3) is 0 Å². The quantitative estimate of drug-likeness (QED) is 0.504. The normalized spacial score (nSPS) is 13.3. The fourth-order valence-electron chi connectivity index (χ4n) is 0.966. The molecule has 0 bridgehead atoms. The highest BCUT2D eigenvalue weighted by molar-refractivity contribution is 6.68. The zero-order chi connectivity index (χ0) is 14.3. The van der Waals surface area contributed by atoms with E-state index >= 15 is 0 Å². The lowest BCUT2D eigenvalue weighted by molar-refractivity contribution is -0.128. The minimum Gasteiger partial charge on any atom is -0.342 e. The summed E-state index contributed by atoms with van der Waals surface area (Å²) >= 11 is 20.9. The van der Waals surface area contributed by atoms with Gasteiger partial charge in [0, 0.05) is 0 Å². The first kappa shape index (κ1) is 17.4. The van der Waals surface area contributed by atoms with Gasteiger partial charge in [0.05, 0.1) is 0 Å². The molecule has 0 fully saturated rings. The van der Waals surface area contributed by atoms with Crippen molar-refractivity contribution < 1.29 is 19.2 Å². The van der Waals surface area contributed by atoms with Crippen LogP contribution in [0.15, 0.2) is 0 Å². The fraction of sp³-hybridized carbons (Fsp3) is 0.500. The van der Waals surface area contributed by atoms with Gasteiger partial charge in [-0.3, -0.25) is 19.2 Å². The van der Waals surface area contributed by atoms with Crippen LogP contribution < -0.4 is 10.6 Å². The highest BCUT2D eigenvalue weighted by Crippen LogP contribution is 2.04. The van der Waals surface area contributed by atoms with Gasteiger partial charge in [0.25, 0.3) is 0 Å². The van der Waals surface area contributed by atoms with Gasteiger partial charge in [0.15, 0.2) is 0 Å². The van der Waals surface area contributed by atoms with Crippen molar-refractivity contribution in [1.29, 1.82) is 0 Å². The van der Waals surface area contributed by atoms with E-state index in [1.54, 1.807) is 0 Å². The number of rotatable bonds is 7. The molecule has 0 saturated heterocycles. The van der Waals surface area contributed by atoms with E-state index in [1.807, 2.05) is 0 Å². The number of amides is 2. The maximum Gasteiger partial charge on any atom is 0.246 e. The Hall–Kier alpha value is -0.560. The van der Waals surface area contributed by atoms with E-state index in [1.165, 1.54) is 0 Å². The van der Waals surface area contributed by atoms with Crippen LogP contribution in [-0.4, -0.2) is 46.1 Å². The second-order valence-corrected chi connectivity index (χ2v) is 4.25. The van der Waals surface area contributed by atoms with Crippen LogP contribution in [0.4, 0.5) is 0 Å². The van der Waals surface area contributed by atoms with Crippen LogP contribution in [0.5, 0.6) is 0 Å². The Balaban J connectivity index is 4.99. The van der Waals surface area contributed by atoms with E-state index in [9.17, 15) is 19.2 Å². The summed E-state index contributed by atoms with van der Waals surface area (Å²) in [4.78, 5) is 44.4. The molecule has 0 aliphatic carbocycles. The molecule has 0 rings (SSSR count). The predicted molar refractivity (Wildman–Crippen MR) is 67.0 cm³/mol. The molecule has 2 N–H and O–H groups in total. The summed E-state index contributed by atoms with van der Waals surface area (Å²) in [5.41, 5.74) is 0. The molecular weight excluding hydrogens is 330 g/mol. The van der Waals surface area contributed by atoms with Crippen LogP contribution in [0, 0.1) is 0 Å². The van der Waals surface area contributed by atoms with Crippen molar-refractivity contribution in [1.82, 2.24) is 10.6 Å². The molecule has 0 aromatic heterocycles. The summed E-state index contributed by atoms with van der Waals surface area (Å²) in [6, 6.07) is -3.04. The van der Waals surface area contributed by atoms with Crippen molar-refractivity contribution in [3.05, 3.63) is 0 Å². The third kappa shape index (κ3) is 5.86. The Morgan fingerprint density at radius 1 is 0.778 bits per heavy atom. The third-order valence-corrected chi connectivity index (χ3v) is 2.65. The first-order chi connectivity index (χ1) is 8.33. The molecular formula is C8H8Cl4N2O4. The van der Waals surface area contributed by atoms with E-state index in [2.05, 4.69) is 10.6 Å². The van der Waals surface area contributed by atoms with Crippen molar-refractivity contribution in [2.24, 2.45) is 0 Å². The molecule has 2 amide bonds. The summed E-state index contributed by atoms with van der Waals surface area (Å²) in [6.07, 6.45) is 0. The molecule has 10 heteroatoms. The van der Waals surface area contributed by atoms with Crippen LogP contribution in [0.2, 0.25) is 0 Å². The van der Waals surface area contributed by atoms with Crippen LogP contribution in [0.3, 0.4) is 0 Å².